The van der Waals surface area contributed by atoms with Crippen LogP contribution in [0.25, 0.3) is 6.08 Å². The molecule has 0 fully saturated rings. The van der Waals surface area contributed by atoms with Crippen LogP contribution in [-0.2, 0) is 11.3 Å². The third kappa shape index (κ3) is 4.19. The van der Waals surface area contributed by atoms with Gasteiger partial charge in [-0.05, 0) is 38.5 Å². The topological polar surface area (TPSA) is 38.1 Å². The van der Waals surface area contributed by atoms with Gasteiger partial charge in [0.1, 0.15) is 5.15 Å². The number of halogens is 2. The largest absolute Gasteiger partial charge is 0.340 e. The minimum atomic E-state index is -0.0701. The van der Waals surface area contributed by atoms with E-state index in [-0.39, 0.29) is 11.9 Å². The molecular weight excluding hydrogens is 345 g/mol. The zero-order valence-electron chi connectivity index (χ0n) is 14.3. The molecule has 0 aliphatic heterocycles. The molecule has 1 heterocycles. The number of hydrogen-bond acceptors (Lipinski definition) is 2. The third-order valence-corrected chi connectivity index (χ3v) is 4.67. The van der Waals surface area contributed by atoms with Gasteiger partial charge in [0, 0.05) is 29.8 Å². The Morgan fingerprint density at radius 1 is 1.33 bits per heavy atom. The molecule has 0 aliphatic carbocycles. The van der Waals surface area contributed by atoms with Gasteiger partial charge in [-0.25, -0.2) is 4.68 Å². The molecule has 2 aromatic rings. The zero-order chi connectivity index (χ0) is 17.9. The molecule has 1 amide bonds. The highest BCUT2D eigenvalue weighted by atomic mass is 35.5. The lowest BCUT2D eigenvalue weighted by Gasteiger charge is -2.19. The average Bonchev–Trinajstić information content (AvgIpc) is 2.80. The van der Waals surface area contributed by atoms with Crippen molar-refractivity contribution >= 4 is 35.2 Å². The van der Waals surface area contributed by atoms with Crippen molar-refractivity contribution in [1.29, 1.82) is 0 Å². The van der Waals surface area contributed by atoms with Crippen molar-refractivity contribution < 1.29 is 4.79 Å². The highest BCUT2D eigenvalue weighted by molar-refractivity contribution is 6.32. The highest BCUT2D eigenvalue weighted by Gasteiger charge is 2.14. The third-order valence-electron chi connectivity index (χ3n) is 3.90. The zero-order valence-corrected chi connectivity index (χ0v) is 15.8. The van der Waals surface area contributed by atoms with E-state index < -0.39 is 0 Å². The Hall–Kier alpha value is -1.78. The molecule has 0 unspecified atom stereocenters. The number of carbonyl (C=O) groups excluding carboxylic acids is 1. The van der Waals surface area contributed by atoms with Crippen molar-refractivity contribution in [1.82, 2.24) is 14.7 Å². The van der Waals surface area contributed by atoms with Crippen LogP contribution in [-0.4, -0.2) is 33.7 Å². The number of benzene rings is 1. The summed E-state index contributed by atoms with van der Waals surface area (Å²) in [6.07, 6.45) is 3.24. The number of hydrogen-bond donors (Lipinski definition) is 0. The van der Waals surface area contributed by atoms with E-state index in [0.29, 0.717) is 16.7 Å². The fourth-order valence-corrected chi connectivity index (χ4v) is 2.67. The first-order chi connectivity index (χ1) is 11.3. The van der Waals surface area contributed by atoms with E-state index >= 15 is 0 Å². The van der Waals surface area contributed by atoms with E-state index in [1.165, 1.54) is 6.08 Å². The van der Waals surface area contributed by atoms with Crippen LogP contribution in [0.3, 0.4) is 0 Å². The van der Waals surface area contributed by atoms with Crippen LogP contribution in [0.4, 0.5) is 0 Å². The standard InChI is InChI=1S/C18H21Cl2N3O/c1-12(2)22(4)17(24)10-9-15-13(3)21-23(18(15)20)11-14-7-5-6-8-16(14)19/h5-10,12H,11H2,1-4H3. The first kappa shape index (κ1) is 18.6. The second-order valence-electron chi connectivity index (χ2n) is 5.92. The Balaban J connectivity index is 2.23. The molecule has 2 rings (SSSR count). The molecule has 1 aromatic heterocycles. The summed E-state index contributed by atoms with van der Waals surface area (Å²) in [5.74, 6) is -0.0701. The van der Waals surface area contributed by atoms with Crippen molar-refractivity contribution in [2.45, 2.75) is 33.4 Å². The number of nitrogens with zero attached hydrogens (tertiary/aromatic N) is 3. The number of aryl methyl sites for hydroxylation is 1. The molecule has 1 aromatic carbocycles. The predicted octanol–water partition coefficient (Wildman–Crippen LogP) is 4.43. The fourth-order valence-electron chi connectivity index (χ4n) is 2.18. The van der Waals surface area contributed by atoms with Gasteiger partial charge in [0.25, 0.3) is 0 Å². The Morgan fingerprint density at radius 3 is 2.62 bits per heavy atom. The van der Waals surface area contributed by atoms with E-state index in [9.17, 15) is 4.79 Å². The summed E-state index contributed by atoms with van der Waals surface area (Å²) in [7, 11) is 1.77. The molecular formula is C18H21Cl2N3O. The quantitative estimate of drug-likeness (QED) is 0.735. The van der Waals surface area contributed by atoms with E-state index in [0.717, 1.165) is 16.8 Å². The first-order valence-electron chi connectivity index (χ1n) is 7.72. The Kier molecular flexibility index (Phi) is 6.08. The van der Waals surface area contributed by atoms with Crippen molar-refractivity contribution in [2.24, 2.45) is 0 Å². The fraction of sp³-hybridized carbons (Fsp3) is 0.333. The average molecular weight is 366 g/mol. The number of aromatic nitrogens is 2. The predicted molar refractivity (Wildman–Crippen MR) is 99.5 cm³/mol. The van der Waals surface area contributed by atoms with Crippen LogP contribution in [0.15, 0.2) is 30.3 Å². The molecule has 0 atom stereocenters. The summed E-state index contributed by atoms with van der Waals surface area (Å²) in [4.78, 5) is 13.7. The van der Waals surface area contributed by atoms with Gasteiger partial charge in [-0.3, -0.25) is 4.79 Å². The van der Waals surface area contributed by atoms with Gasteiger partial charge < -0.3 is 4.90 Å². The molecule has 6 heteroatoms. The summed E-state index contributed by atoms with van der Waals surface area (Å²) < 4.78 is 1.69. The molecule has 0 radical (unpaired) electrons. The van der Waals surface area contributed by atoms with Crippen molar-refractivity contribution in [3.05, 3.63) is 57.3 Å². The van der Waals surface area contributed by atoms with Gasteiger partial charge in [-0.2, -0.15) is 5.10 Å². The van der Waals surface area contributed by atoms with Crippen molar-refractivity contribution in [3.63, 3.8) is 0 Å². The van der Waals surface area contributed by atoms with Gasteiger partial charge >= 0.3 is 0 Å². The van der Waals surface area contributed by atoms with Gasteiger partial charge in [-0.15, -0.1) is 0 Å². The number of likely N-dealkylation sites (N-methyl/N-ethyl adjacent to an activating group) is 1. The van der Waals surface area contributed by atoms with Crippen LogP contribution in [0.2, 0.25) is 10.2 Å². The molecule has 0 saturated carbocycles. The molecule has 0 aliphatic rings. The summed E-state index contributed by atoms with van der Waals surface area (Å²) in [6.45, 7) is 6.27. The van der Waals surface area contributed by atoms with Crippen LogP contribution >= 0.6 is 23.2 Å². The summed E-state index contributed by atoms with van der Waals surface area (Å²) in [5.41, 5.74) is 2.45. The molecule has 4 nitrogen and oxygen atoms in total. The summed E-state index contributed by atoms with van der Waals surface area (Å²) >= 11 is 12.6. The lowest BCUT2D eigenvalue weighted by Crippen LogP contribution is -2.31. The van der Waals surface area contributed by atoms with Crippen LogP contribution in [0.5, 0.6) is 0 Å². The molecule has 0 bridgehead atoms. The van der Waals surface area contributed by atoms with Crippen LogP contribution in [0, 0.1) is 6.92 Å². The molecule has 128 valence electrons. The summed E-state index contributed by atoms with van der Waals surface area (Å²) in [6, 6.07) is 7.72. The van der Waals surface area contributed by atoms with Gasteiger partial charge in [0.15, 0.2) is 0 Å². The number of carbonyl (C=O) groups is 1. The van der Waals surface area contributed by atoms with E-state index in [1.54, 1.807) is 22.7 Å². The smallest absolute Gasteiger partial charge is 0.246 e. The van der Waals surface area contributed by atoms with E-state index in [2.05, 4.69) is 5.10 Å². The van der Waals surface area contributed by atoms with E-state index in [1.807, 2.05) is 45.0 Å². The maximum atomic E-state index is 12.1. The Bertz CT molecular complexity index is 766. The monoisotopic (exact) mass is 365 g/mol. The second-order valence-corrected chi connectivity index (χ2v) is 6.68. The molecule has 0 spiro atoms. The van der Waals surface area contributed by atoms with Crippen LogP contribution < -0.4 is 0 Å². The molecule has 0 N–H and O–H groups in total. The minimum absolute atomic E-state index is 0.0701. The van der Waals surface area contributed by atoms with Gasteiger partial charge in [0.05, 0.1) is 12.2 Å². The highest BCUT2D eigenvalue weighted by Crippen LogP contribution is 2.24. The van der Waals surface area contributed by atoms with Gasteiger partial charge in [-0.1, -0.05) is 41.4 Å². The molecule has 24 heavy (non-hydrogen) atoms. The normalized spacial score (nSPS) is 11.5. The van der Waals surface area contributed by atoms with E-state index in [4.69, 9.17) is 23.2 Å². The summed E-state index contributed by atoms with van der Waals surface area (Å²) in [5, 5.41) is 5.62. The minimum Gasteiger partial charge on any atom is -0.340 e. The van der Waals surface area contributed by atoms with Crippen LogP contribution in [0.1, 0.15) is 30.7 Å². The lowest BCUT2D eigenvalue weighted by atomic mass is 10.2. The Labute approximate surface area is 152 Å². The SMILES string of the molecule is Cc1nn(Cc2ccccc2Cl)c(Cl)c1C=CC(=O)N(C)C(C)C. The number of amides is 1. The molecule has 0 saturated heterocycles. The maximum Gasteiger partial charge on any atom is 0.246 e. The van der Waals surface area contributed by atoms with Gasteiger partial charge in [0.2, 0.25) is 5.91 Å². The number of rotatable bonds is 5. The second kappa shape index (κ2) is 7.86. The first-order valence-corrected chi connectivity index (χ1v) is 8.48. The maximum absolute atomic E-state index is 12.1. The Morgan fingerprint density at radius 2 is 2.00 bits per heavy atom. The lowest BCUT2D eigenvalue weighted by molar-refractivity contribution is -0.126. The van der Waals surface area contributed by atoms with Crippen molar-refractivity contribution in [2.75, 3.05) is 7.05 Å². The van der Waals surface area contributed by atoms with Crippen molar-refractivity contribution in [3.8, 4) is 0 Å².